The monoisotopic (exact) mass is 430 g/mol. The molecule has 3 N–H and O–H groups in total. The molecule has 29 heavy (non-hydrogen) atoms. The third-order valence-electron chi connectivity index (χ3n) is 4.39. The number of rotatable bonds is 11. The number of hydrogen-bond acceptors (Lipinski definition) is 5. The predicted molar refractivity (Wildman–Crippen MR) is 121 cm³/mol. The molecule has 0 fully saturated rings. The fourth-order valence-electron chi connectivity index (χ4n) is 2.77. The molecule has 0 bridgehead atoms. The standard InChI is InChI=1S/C22H26N2O3S2/c1-28-13-12-19(20(23)25)24-21(26)18(14-16-8-4-2-5-9-16)15-29-22(27)17-10-6-3-7-11-17/h2-11,18-19H,12-15H2,1H3,(H2,23,25)(H,24,26)/t18-,19-/m0/s1. The van der Waals surface area contributed by atoms with Crippen molar-refractivity contribution in [3.8, 4) is 0 Å². The zero-order valence-corrected chi connectivity index (χ0v) is 18.0. The van der Waals surface area contributed by atoms with Crippen LogP contribution in [0.15, 0.2) is 60.7 Å². The number of thioether (sulfide) groups is 2. The van der Waals surface area contributed by atoms with Crippen LogP contribution in [0.3, 0.4) is 0 Å². The first-order valence-electron chi connectivity index (χ1n) is 9.36. The lowest BCUT2D eigenvalue weighted by molar-refractivity contribution is -0.129. The smallest absolute Gasteiger partial charge is 0.240 e. The summed E-state index contributed by atoms with van der Waals surface area (Å²) in [5, 5.41) is 2.71. The molecular formula is C22H26N2O3S2. The maximum Gasteiger partial charge on any atom is 0.240 e. The van der Waals surface area contributed by atoms with Crippen LogP contribution in [-0.4, -0.2) is 40.7 Å². The van der Waals surface area contributed by atoms with Crippen molar-refractivity contribution >= 4 is 40.5 Å². The van der Waals surface area contributed by atoms with Gasteiger partial charge in [-0.15, -0.1) is 0 Å². The van der Waals surface area contributed by atoms with Gasteiger partial charge < -0.3 is 11.1 Å². The van der Waals surface area contributed by atoms with Crippen molar-refractivity contribution < 1.29 is 14.4 Å². The molecule has 5 nitrogen and oxygen atoms in total. The van der Waals surface area contributed by atoms with Crippen LogP contribution in [0.4, 0.5) is 0 Å². The van der Waals surface area contributed by atoms with E-state index in [-0.39, 0.29) is 11.0 Å². The minimum atomic E-state index is -0.706. The minimum absolute atomic E-state index is 0.0784. The van der Waals surface area contributed by atoms with Gasteiger partial charge in [-0.3, -0.25) is 14.4 Å². The molecule has 0 radical (unpaired) electrons. The fraction of sp³-hybridized carbons (Fsp3) is 0.318. The molecule has 0 unspecified atom stereocenters. The summed E-state index contributed by atoms with van der Waals surface area (Å²) in [7, 11) is 0. The number of carbonyl (C=O) groups is 3. The SMILES string of the molecule is CSCC[C@H](NC(=O)[C@H](CSC(=O)c1ccccc1)Cc1ccccc1)C(N)=O. The second kappa shape index (κ2) is 12.3. The summed E-state index contributed by atoms with van der Waals surface area (Å²) in [5.41, 5.74) is 7.06. The molecular weight excluding hydrogens is 404 g/mol. The van der Waals surface area contributed by atoms with E-state index in [2.05, 4.69) is 5.32 Å². The van der Waals surface area contributed by atoms with Crippen molar-refractivity contribution in [3.63, 3.8) is 0 Å². The number of nitrogens with two attached hydrogens (primary N) is 1. The maximum absolute atomic E-state index is 12.9. The molecule has 0 heterocycles. The van der Waals surface area contributed by atoms with Crippen LogP contribution in [0, 0.1) is 5.92 Å². The van der Waals surface area contributed by atoms with Crippen molar-refractivity contribution in [2.45, 2.75) is 18.9 Å². The van der Waals surface area contributed by atoms with Gasteiger partial charge in [-0.1, -0.05) is 72.4 Å². The lowest BCUT2D eigenvalue weighted by Crippen LogP contribution is -2.47. The van der Waals surface area contributed by atoms with Gasteiger partial charge in [0.1, 0.15) is 6.04 Å². The third-order valence-corrected chi connectivity index (χ3v) is 6.10. The Morgan fingerprint density at radius 2 is 1.62 bits per heavy atom. The summed E-state index contributed by atoms with van der Waals surface area (Å²) in [6.07, 6.45) is 2.90. The number of hydrogen-bond donors (Lipinski definition) is 2. The highest BCUT2D eigenvalue weighted by Crippen LogP contribution is 2.20. The van der Waals surface area contributed by atoms with E-state index in [9.17, 15) is 14.4 Å². The first-order chi connectivity index (χ1) is 14.0. The van der Waals surface area contributed by atoms with Gasteiger partial charge in [-0.25, -0.2) is 0 Å². The number of nitrogens with one attached hydrogen (secondary N) is 1. The second-order valence-corrected chi connectivity index (χ2v) is 8.57. The number of primary amides is 1. The topological polar surface area (TPSA) is 89.3 Å². The quantitative estimate of drug-likeness (QED) is 0.572. The molecule has 0 spiro atoms. The van der Waals surface area contributed by atoms with E-state index in [1.54, 1.807) is 23.9 Å². The Labute approximate surface area is 180 Å². The summed E-state index contributed by atoms with van der Waals surface area (Å²) in [6, 6.07) is 17.9. The first-order valence-corrected chi connectivity index (χ1v) is 11.7. The molecule has 2 aromatic rings. The summed E-state index contributed by atoms with van der Waals surface area (Å²) in [4.78, 5) is 37.1. The summed E-state index contributed by atoms with van der Waals surface area (Å²) >= 11 is 2.71. The Morgan fingerprint density at radius 3 is 2.21 bits per heavy atom. The highest BCUT2D eigenvalue weighted by atomic mass is 32.2. The van der Waals surface area contributed by atoms with Crippen molar-refractivity contribution in [1.82, 2.24) is 5.32 Å². The van der Waals surface area contributed by atoms with Gasteiger partial charge >= 0.3 is 0 Å². The summed E-state index contributed by atoms with van der Waals surface area (Å²) < 4.78 is 0. The predicted octanol–water partition coefficient (Wildman–Crippen LogP) is 3.14. The van der Waals surface area contributed by atoms with Crippen molar-refractivity contribution in [1.29, 1.82) is 0 Å². The van der Waals surface area contributed by atoms with E-state index in [4.69, 9.17) is 5.73 Å². The molecule has 0 saturated heterocycles. The average Bonchev–Trinajstić information content (AvgIpc) is 2.74. The second-order valence-electron chi connectivity index (χ2n) is 6.60. The lowest BCUT2D eigenvalue weighted by Gasteiger charge is -2.20. The summed E-state index contributed by atoms with van der Waals surface area (Å²) in [6.45, 7) is 0. The molecule has 0 aliphatic rings. The largest absolute Gasteiger partial charge is 0.368 e. The molecule has 0 aliphatic heterocycles. The first kappa shape index (κ1) is 23.0. The average molecular weight is 431 g/mol. The van der Waals surface area contributed by atoms with Crippen LogP contribution < -0.4 is 11.1 Å². The van der Waals surface area contributed by atoms with E-state index < -0.39 is 17.9 Å². The van der Waals surface area contributed by atoms with Gasteiger partial charge in [0.2, 0.25) is 16.9 Å². The van der Waals surface area contributed by atoms with Crippen LogP contribution >= 0.6 is 23.5 Å². The van der Waals surface area contributed by atoms with E-state index in [0.717, 1.165) is 23.1 Å². The Morgan fingerprint density at radius 1 is 1.00 bits per heavy atom. The van der Waals surface area contributed by atoms with Crippen LogP contribution in [0.2, 0.25) is 0 Å². The van der Waals surface area contributed by atoms with Crippen LogP contribution in [0.1, 0.15) is 22.3 Å². The van der Waals surface area contributed by atoms with Gasteiger partial charge in [-0.2, -0.15) is 11.8 Å². The highest BCUT2D eigenvalue weighted by Gasteiger charge is 2.25. The van der Waals surface area contributed by atoms with Gasteiger partial charge in [0.05, 0.1) is 5.92 Å². The number of benzene rings is 2. The van der Waals surface area contributed by atoms with Crippen molar-refractivity contribution in [2.24, 2.45) is 11.7 Å². The highest BCUT2D eigenvalue weighted by molar-refractivity contribution is 8.14. The van der Waals surface area contributed by atoms with E-state index in [0.29, 0.717) is 24.2 Å². The van der Waals surface area contributed by atoms with Gasteiger partial charge in [0.25, 0.3) is 0 Å². The van der Waals surface area contributed by atoms with Crippen LogP contribution in [0.25, 0.3) is 0 Å². The third kappa shape index (κ3) is 7.95. The molecule has 7 heteroatoms. The van der Waals surface area contributed by atoms with E-state index in [1.165, 1.54) is 0 Å². The maximum atomic E-state index is 12.9. The normalized spacial score (nSPS) is 12.7. The molecule has 0 aliphatic carbocycles. The van der Waals surface area contributed by atoms with Gasteiger partial charge in [0.15, 0.2) is 0 Å². The summed E-state index contributed by atoms with van der Waals surface area (Å²) in [5.74, 6) is -0.210. The zero-order valence-electron chi connectivity index (χ0n) is 16.4. The van der Waals surface area contributed by atoms with E-state index in [1.807, 2.05) is 54.8 Å². The number of amides is 2. The Kier molecular flexibility index (Phi) is 9.80. The fourth-order valence-corrected chi connectivity index (χ4v) is 4.17. The molecule has 2 rings (SSSR count). The Hall–Kier alpha value is -2.25. The molecule has 154 valence electrons. The zero-order chi connectivity index (χ0) is 21.1. The minimum Gasteiger partial charge on any atom is -0.368 e. The van der Waals surface area contributed by atoms with E-state index >= 15 is 0 Å². The molecule has 2 atom stereocenters. The van der Waals surface area contributed by atoms with Crippen molar-refractivity contribution in [3.05, 3.63) is 71.8 Å². The lowest BCUT2D eigenvalue weighted by atomic mass is 9.99. The number of carbonyl (C=O) groups excluding carboxylic acids is 3. The molecule has 2 aromatic carbocycles. The van der Waals surface area contributed by atoms with Crippen molar-refractivity contribution in [2.75, 3.05) is 17.8 Å². The molecule has 0 saturated carbocycles. The molecule has 2 amide bonds. The Bertz CT molecular complexity index is 800. The van der Waals surface area contributed by atoms with Gasteiger partial charge in [0, 0.05) is 11.3 Å². The van der Waals surface area contributed by atoms with Crippen LogP contribution in [-0.2, 0) is 16.0 Å². The van der Waals surface area contributed by atoms with Gasteiger partial charge in [-0.05, 0) is 30.4 Å². The molecule has 0 aromatic heterocycles. The van der Waals surface area contributed by atoms with Crippen LogP contribution in [0.5, 0.6) is 0 Å². The Balaban J connectivity index is 2.08.